The van der Waals surface area contributed by atoms with Gasteiger partial charge in [-0.05, 0) is 59.3 Å². The van der Waals surface area contributed by atoms with Gasteiger partial charge in [0.15, 0.2) is 0 Å². The molecule has 0 saturated heterocycles. The Bertz CT molecular complexity index is 372. The topological polar surface area (TPSA) is 46.2 Å². The van der Waals surface area contributed by atoms with Gasteiger partial charge in [-0.25, -0.2) is 0 Å². The number of nitrogens with two attached hydrogens (primary N) is 1. The maximum atomic E-state index is 9.87. The van der Waals surface area contributed by atoms with Gasteiger partial charge in [0.25, 0.3) is 0 Å². The molecule has 1 aromatic rings. The summed E-state index contributed by atoms with van der Waals surface area (Å²) in [7, 11) is 0. The quantitative estimate of drug-likeness (QED) is 0.853. The SMILES string of the molecule is Cc1ccc(Br)c(O)c1CC1(N)CC1. The first-order chi connectivity index (χ1) is 6.52. The highest BCUT2D eigenvalue weighted by Crippen LogP contribution is 2.40. The van der Waals surface area contributed by atoms with E-state index in [1.165, 1.54) is 0 Å². The van der Waals surface area contributed by atoms with Crippen LogP contribution in [0.25, 0.3) is 0 Å². The van der Waals surface area contributed by atoms with Crippen LogP contribution in [0.1, 0.15) is 24.0 Å². The van der Waals surface area contributed by atoms with E-state index in [4.69, 9.17) is 5.73 Å². The van der Waals surface area contributed by atoms with Gasteiger partial charge in [-0.2, -0.15) is 0 Å². The number of phenolic OH excluding ortho intramolecular Hbond substituents is 1. The van der Waals surface area contributed by atoms with Crippen LogP contribution in [-0.2, 0) is 6.42 Å². The van der Waals surface area contributed by atoms with Crippen LogP contribution in [0.5, 0.6) is 5.75 Å². The zero-order chi connectivity index (χ0) is 10.3. The molecule has 0 aliphatic heterocycles. The minimum atomic E-state index is -0.0525. The monoisotopic (exact) mass is 255 g/mol. The Morgan fingerprint density at radius 1 is 1.50 bits per heavy atom. The van der Waals surface area contributed by atoms with E-state index in [2.05, 4.69) is 15.9 Å². The fourth-order valence-corrected chi connectivity index (χ4v) is 1.99. The fraction of sp³-hybridized carbons (Fsp3) is 0.455. The maximum Gasteiger partial charge on any atom is 0.133 e. The fourth-order valence-electron chi connectivity index (χ4n) is 1.62. The molecule has 3 heteroatoms. The van der Waals surface area contributed by atoms with Crippen molar-refractivity contribution in [1.29, 1.82) is 0 Å². The first-order valence-electron chi connectivity index (χ1n) is 4.78. The number of aromatic hydroxyl groups is 1. The van der Waals surface area contributed by atoms with Gasteiger partial charge in [0.05, 0.1) is 4.47 Å². The molecule has 14 heavy (non-hydrogen) atoms. The zero-order valence-corrected chi connectivity index (χ0v) is 9.76. The Balaban J connectivity index is 2.35. The van der Waals surface area contributed by atoms with Gasteiger partial charge in [0.2, 0.25) is 0 Å². The second-order valence-corrected chi connectivity index (χ2v) is 5.08. The molecule has 1 aliphatic rings. The average molecular weight is 256 g/mol. The van der Waals surface area contributed by atoms with Gasteiger partial charge in [0.1, 0.15) is 5.75 Å². The van der Waals surface area contributed by atoms with Crippen molar-refractivity contribution in [2.24, 2.45) is 5.73 Å². The normalized spacial score (nSPS) is 18.2. The molecular formula is C11H14BrNO. The van der Waals surface area contributed by atoms with Crippen LogP contribution in [0.3, 0.4) is 0 Å². The van der Waals surface area contributed by atoms with Gasteiger partial charge in [0, 0.05) is 5.54 Å². The lowest BCUT2D eigenvalue weighted by molar-refractivity contribution is 0.459. The third-order valence-corrected chi connectivity index (χ3v) is 3.53. The predicted octanol–water partition coefficient (Wildman–Crippen LogP) is 2.50. The summed E-state index contributed by atoms with van der Waals surface area (Å²) in [6.45, 7) is 2.01. The molecule has 0 heterocycles. The van der Waals surface area contributed by atoms with Crippen molar-refractivity contribution in [2.45, 2.75) is 31.7 Å². The van der Waals surface area contributed by atoms with Crippen LogP contribution >= 0.6 is 15.9 Å². The minimum Gasteiger partial charge on any atom is -0.506 e. The lowest BCUT2D eigenvalue weighted by atomic mass is 9.99. The summed E-state index contributed by atoms with van der Waals surface area (Å²) in [5.74, 6) is 0.349. The van der Waals surface area contributed by atoms with E-state index in [9.17, 15) is 5.11 Å². The van der Waals surface area contributed by atoms with Gasteiger partial charge in [-0.15, -0.1) is 0 Å². The number of rotatable bonds is 2. The van der Waals surface area contributed by atoms with Crippen molar-refractivity contribution >= 4 is 15.9 Å². The molecule has 1 fully saturated rings. The Labute approximate surface area is 92.3 Å². The Kier molecular flexibility index (Phi) is 2.32. The number of phenols is 1. The van der Waals surface area contributed by atoms with Crippen LogP contribution in [0.4, 0.5) is 0 Å². The van der Waals surface area contributed by atoms with E-state index >= 15 is 0 Å². The summed E-state index contributed by atoms with van der Waals surface area (Å²) in [4.78, 5) is 0. The van der Waals surface area contributed by atoms with Crippen LogP contribution in [0.15, 0.2) is 16.6 Å². The van der Waals surface area contributed by atoms with E-state index in [1.807, 2.05) is 19.1 Å². The molecule has 0 spiro atoms. The van der Waals surface area contributed by atoms with E-state index < -0.39 is 0 Å². The largest absolute Gasteiger partial charge is 0.506 e. The molecule has 76 valence electrons. The molecule has 3 N–H and O–H groups in total. The van der Waals surface area contributed by atoms with Gasteiger partial charge in [-0.3, -0.25) is 0 Å². The number of hydrogen-bond acceptors (Lipinski definition) is 2. The van der Waals surface area contributed by atoms with Crippen LogP contribution < -0.4 is 5.73 Å². The summed E-state index contributed by atoms with van der Waals surface area (Å²) in [6, 6.07) is 3.87. The molecule has 0 radical (unpaired) electrons. The summed E-state index contributed by atoms with van der Waals surface area (Å²) < 4.78 is 0.752. The molecule has 0 amide bonds. The lowest BCUT2D eigenvalue weighted by Crippen LogP contribution is -2.25. The number of halogens is 1. The van der Waals surface area contributed by atoms with Gasteiger partial charge < -0.3 is 10.8 Å². The predicted molar refractivity (Wildman–Crippen MR) is 60.4 cm³/mol. The first kappa shape index (κ1) is 9.99. The third-order valence-electron chi connectivity index (χ3n) is 2.89. The second kappa shape index (κ2) is 3.24. The molecule has 0 atom stereocenters. The molecule has 1 saturated carbocycles. The average Bonchev–Trinajstić information content (AvgIpc) is 2.86. The Morgan fingerprint density at radius 2 is 2.14 bits per heavy atom. The first-order valence-corrected chi connectivity index (χ1v) is 5.57. The van der Waals surface area contributed by atoms with Crippen molar-refractivity contribution in [2.75, 3.05) is 0 Å². The van der Waals surface area contributed by atoms with Gasteiger partial charge in [-0.1, -0.05) is 6.07 Å². The Morgan fingerprint density at radius 3 is 2.71 bits per heavy atom. The molecule has 1 aromatic carbocycles. The van der Waals surface area contributed by atoms with E-state index in [1.54, 1.807) is 0 Å². The molecule has 2 rings (SSSR count). The van der Waals surface area contributed by atoms with Crippen molar-refractivity contribution < 1.29 is 5.11 Å². The van der Waals surface area contributed by atoms with Crippen LogP contribution in [-0.4, -0.2) is 10.6 Å². The summed E-state index contributed by atoms with van der Waals surface area (Å²) in [5.41, 5.74) is 8.09. The van der Waals surface area contributed by atoms with E-state index in [-0.39, 0.29) is 5.54 Å². The third kappa shape index (κ3) is 1.79. The van der Waals surface area contributed by atoms with Crippen molar-refractivity contribution in [1.82, 2.24) is 0 Å². The standard InChI is InChI=1S/C11H14BrNO/c1-7-2-3-9(12)10(14)8(7)6-11(13)4-5-11/h2-3,14H,4-6,13H2,1H3. The van der Waals surface area contributed by atoms with E-state index in [0.717, 1.165) is 34.9 Å². The zero-order valence-electron chi connectivity index (χ0n) is 8.18. The second-order valence-electron chi connectivity index (χ2n) is 4.23. The van der Waals surface area contributed by atoms with Gasteiger partial charge >= 0.3 is 0 Å². The number of hydrogen-bond donors (Lipinski definition) is 2. The van der Waals surface area contributed by atoms with E-state index in [0.29, 0.717) is 5.75 Å². The molecule has 0 bridgehead atoms. The lowest BCUT2D eigenvalue weighted by Gasteiger charge is -2.13. The highest BCUT2D eigenvalue weighted by molar-refractivity contribution is 9.10. The smallest absolute Gasteiger partial charge is 0.133 e. The maximum absolute atomic E-state index is 9.87. The summed E-state index contributed by atoms with van der Waals surface area (Å²) in [5, 5.41) is 9.87. The summed E-state index contributed by atoms with van der Waals surface area (Å²) in [6.07, 6.45) is 2.92. The van der Waals surface area contributed by atoms with Crippen molar-refractivity contribution in [3.63, 3.8) is 0 Å². The summed E-state index contributed by atoms with van der Waals surface area (Å²) >= 11 is 3.32. The molecular weight excluding hydrogens is 242 g/mol. The number of aryl methyl sites for hydroxylation is 1. The highest BCUT2D eigenvalue weighted by Gasteiger charge is 2.39. The van der Waals surface area contributed by atoms with Crippen molar-refractivity contribution in [3.8, 4) is 5.75 Å². The molecule has 2 nitrogen and oxygen atoms in total. The minimum absolute atomic E-state index is 0.0525. The van der Waals surface area contributed by atoms with Crippen molar-refractivity contribution in [3.05, 3.63) is 27.7 Å². The Hall–Kier alpha value is -0.540. The van der Waals surface area contributed by atoms with Crippen LogP contribution in [0, 0.1) is 6.92 Å². The molecule has 1 aliphatic carbocycles. The number of benzene rings is 1. The molecule has 0 aromatic heterocycles. The molecule has 0 unspecified atom stereocenters. The highest BCUT2D eigenvalue weighted by atomic mass is 79.9. The van der Waals surface area contributed by atoms with Crippen LogP contribution in [0.2, 0.25) is 0 Å².